The van der Waals surface area contributed by atoms with Crippen LogP contribution in [0, 0.1) is 5.92 Å². The number of carbonyl (C=O) groups is 1. The summed E-state index contributed by atoms with van der Waals surface area (Å²) < 4.78 is 5.10. The highest BCUT2D eigenvalue weighted by Crippen LogP contribution is 2.33. The molecule has 2 N–H and O–H groups in total. The summed E-state index contributed by atoms with van der Waals surface area (Å²) in [5, 5.41) is 12.7. The van der Waals surface area contributed by atoms with Gasteiger partial charge in [0, 0.05) is 17.8 Å². The minimum absolute atomic E-state index is 0.00150. The average molecular weight is 256 g/mol. The van der Waals surface area contributed by atoms with Gasteiger partial charge in [0.2, 0.25) is 0 Å². The first-order valence-corrected chi connectivity index (χ1v) is 5.82. The van der Waals surface area contributed by atoms with Crippen LogP contribution in [0.25, 0.3) is 0 Å². The fraction of sp³-hybridized carbons (Fsp3) is 0.417. The molecule has 0 spiro atoms. The first-order valence-electron chi connectivity index (χ1n) is 5.44. The van der Waals surface area contributed by atoms with E-state index in [1.807, 2.05) is 6.07 Å². The standard InChI is InChI=1S/C12H14ClNO3/c1-17-11-6-7(2-4-9(11)13)14-10-5-3-8(10)12(15)16/h2,4,6,8,10,14H,3,5H2,1H3,(H,15,16). The van der Waals surface area contributed by atoms with Crippen LogP contribution in [0.3, 0.4) is 0 Å². The van der Waals surface area contributed by atoms with E-state index < -0.39 is 5.97 Å². The Balaban J connectivity index is 2.06. The zero-order valence-electron chi connectivity index (χ0n) is 9.44. The maximum absolute atomic E-state index is 10.9. The topological polar surface area (TPSA) is 58.6 Å². The van der Waals surface area contributed by atoms with Crippen molar-refractivity contribution in [1.29, 1.82) is 0 Å². The van der Waals surface area contributed by atoms with Gasteiger partial charge in [-0.05, 0) is 25.0 Å². The molecule has 0 saturated heterocycles. The molecule has 1 aromatic carbocycles. The molecule has 0 amide bonds. The van der Waals surface area contributed by atoms with Crippen molar-refractivity contribution in [2.45, 2.75) is 18.9 Å². The van der Waals surface area contributed by atoms with Crippen LogP contribution in [0.2, 0.25) is 5.02 Å². The number of aliphatic carboxylic acids is 1. The number of carboxylic acid groups (broad SMARTS) is 1. The van der Waals surface area contributed by atoms with Crippen LogP contribution < -0.4 is 10.1 Å². The molecule has 0 aliphatic heterocycles. The quantitative estimate of drug-likeness (QED) is 0.868. The number of hydrogen-bond donors (Lipinski definition) is 2. The summed E-state index contributed by atoms with van der Waals surface area (Å²) in [6, 6.07) is 5.33. The number of carboxylic acids is 1. The predicted octanol–water partition coefficient (Wildman–Crippen LogP) is 2.62. The molecule has 4 nitrogen and oxygen atoms in total. The molecule has 0 heterocycles. The van der Waals surface area contributed by atoms with Crippen molar-refractivity contribution in [3.63, 3.8) is 0 Å². The van der Waals surface area contributed by atoms with Gasteiger partial charge in [0.05, 0.1) is 18.1 Å². The fourth-order valence-corrected chi connectivity index (χ4v) is 2.13. The zero-order valence-corrected chi connectivity index (χ0v) is 10.2. The van der Waals surface area contributed by atoms with E-state index in [1.165, 1.54) is 0 Å². The summed E-state index contributed by atoms with van der Waals surface area (Å²) in [6.45, 7) is 0. The number of methoxy groups -OCH3 is 1. The minimum atomic E-state index is -0.741. The molecule has 1 fully saturated rings. The molecular weight excluding hydrogens is 242 g/mol. The lowest BCUT2D eigenvalue weighted by Crippen LogP contribution is -2.42. The summed E-state index contributed by atoms with van der Waals surface area (Å²) in [5.41, 5.74) is 0.835. The van der Waals surface area contributed by atoms with Crippen molar-refractivity contribution in [2.75, 3.05) is 12.4 Å². The van der Waals surface area contributed by atoms with Gasteiger partial charge in [0.25, 0.3) is 0 Å². The lowest BCUT2D eigenvalue weighted by Gasteiger charge is -2.34. The van der Waals surface area contributed by atoms with Gasteiger partial charge in [0.1, 0.15) is 5.75 Å². The number of nitrogens with one attached hydrogen (secondary N) is 1. The Hall–Kier alpha value is -1.42. The second-order valence-corrected chi connectivity index (χ2v) is 4.53. The third-order valence-corrected chi connectivity index (χ3v) is 3.41. The van der Waals surface area contributed by atoms with Crippen molar-refractivity contribution < 1.29 is 14.6 Å². The maximum atomic E-state index is 10.9. The Kier molecular flexibility index (Phi) is 3.43. The van der Waals surface area contributed by atoms with Crippen LogP contribution in [-0.4, -0.2) is 24.2 Å². The molecule has 0 bridgehead atoms. The third kappa shape index (κ3) is 2.47. The highest BCUT2D eigenvalue weighted by Gasteiger charge is 2.36. The van der Waals surface area contributed by atoms with E-state index in [1.54, 1.807) is 19.2 Å². The normalized spacial score (nSPS) is 22.7. The lowest BCUT2D eigenvalue weighted by molar-refractivity contribution is -0.144. The molecule has 1 aliphatic carbocycles. The number of halogens is 1. The molecule has 2 rings (SSSR count). The van der Waals surface area contributed by atoms with Gasteiger partial charge in [-0.2, -0.15) is 0 Å². The Morgan fingerprint density at radius 2 is 2.29 bits per heavy atom. The summed E-state index contributed by atoms with van der Waals surface area (Å²) in [4.78, 5) is 10.9. The van der Waals surface area contributed by atoms with Crippen molar-refractivity contribution in [2.24, 2.45) is 5.92 Å². The van der Waals surface area contributed by atoms with Gasteiger partial charge in [-0.15, -0.1) is 0 Å². The van der Waals surface area contributed by atoms with Gasteiger partial charge < -0.3 is 15.2 Å². The summed E-state index contributed by atoms with van der Waals surface area (Å²) in [7, 11) is 1.55. The van der Waals surface area contributed by atoms with Gasteiger partial charge in [-0.1, -0.05) is 11.6 Å². The molecule has 17 heavy (non-hydrogen) atoms. The maximum Gasteiger partial charge on any atom is 0.308 e. The molecule has 5 heteroatoms. The van der Waals surface area contributed by atoms with Crippen molar-refractivity contribution >= 4 is 23.3 Å². The highest BCUT2D eigenvalue weighted by atomic mass is 35.5. The molecule has 92 valence electrons. The molecule has 1 aromatic rings. The van der Waals surface area contributed by atoms with Crippen LogP contribution in [0.5, 0.6) is 5.75 Å². The first kappa shape index (κ1) is 12.0. The zero-order chi connectivity index (χ0) is 12.4. The largest absolute Gasteiger partial charge is 0.495 e. The highest BCUT2D eigenvalue weighted by molar-refractivity contribution is 6.32. The van der Waals surface area contributed by atoms with Crippen molar-refractivity contribution in [1.82, 2.24) is 0 Å². The molecule has 2 atom stereocenters. The average Bonchev–Trinajstić information content (AvgIpc) is 2.25. The van der Waals surface area contributed by atoms with Gasteiger partial charge in [-0.3, -0.25) is 4.79 Å². The van der Waals surface area contributed by atoms with E-state index >= 15 is 0 Å². The number of hydrogen-bond acceptors (Lipinski definition) is 3. The Morgan fingerprint density at radius 3 is 2.82 bits per heavy atom. The van der Waals surface area contributed by atoms with Crippen molar-refractivity contribution in [3.05, 3.63) is 23.2 Å². The van der Waals surface area contributed by atoms with Crippen LogP contribution in [0.1, 0.15) is 12.8 Å². The number of ether oxygens (including phenoxy) is 1. The number of benzene rings is 1. The fourth-order valence-electron chi connectivity index (χ4n) is 1.93. The van der Waals surface area contributed by atoms with E-state index in [9.17, 15) is 4.79 Å². The van der Waals surface area contributed by atoms with Gasteiger partial charge in [-0.25, -0.2) is 0 Å². The van der Waals surface area contributed by atoms with Gasteiger partial charge >= 0.3 is 5.97 Å². The molecule has 0 radical (unpaired) electrons. The van der Waals surface area contributed by atoms with E-state index in [4.69, 9.17) is 21.4 Å². The van der Waals surface area contributed by atoms with Crippen LogP contribution in [-0.2, 0) is 4.79 Å². The molecule has 1 saturated carbocycles. The Morgan fingerprint density at radius 1 is 1.53 bits per heavy atom. The van der Waals surface area contributed by atoms with E-state index in [0.29, 0.717) is 10.8 Å². The second kappa shape index (κ2) is 4.84. The van der Waals surface area contributed by atoms with E-state index in [2.05, 4.69) is 5.32 Å². The van der Waals surface area contributed by atoms with E-state index in [0.717, 1.165) is 18.5 Å². The van der Waals surface area contributed by atoms with Crippen LogP contribution in [0.4, 0.5) is 5.69 Å². The molecule has 0 aromatic heterocycles. The van der Waals surface area contributed by atoms with Crippen LogP contribution >= 0.6 is 11.6 Å². The van der Waals surface area contributed by atoms with Crippen LogP contribution in [0.15, 0.2) is 18.2 Å². The Labute approximate surface area is 105 Å². The van der Waals surface area contributed by atoms with Crippen molar-refractivity contribution in [3.8, 4) is 5.75 Å². The smallest absolute Gasteiger partial charge is 0.308 e. The second-order valence-electron chi connectivity index (χ2n) is 4.12. The number of anilines is 1. The minimum Gasteiger partial charge on any atom is -0.495 e. The first-order chi connectivity index (χ1) is 8.11. The Bertz CT molecular complexity index is 436. The predicted molar refractivity (Wildman–Crippen MR) is 65.8 cm³/mol. The lowest BCUT2D eigenvalue weighted by atomic mass is 9.79. The SMILES string of the molecule is COc1cc(NC2CCC2C(=O)O)ccc1Cl. The molecular formula is C12H14ClNO3. The van der Waals surface area contributed by atoms with Gasteiger partial charge in [0.15, 0.2) is 0 Å². The number of rotatable bonds is 4. The molecule has 2 unspecified atom stereocenters. The monoisotopic (exact) mass is 255 g/mol. The third-order valence-electron chi connectivity index (χ3n) is 3.09. The summed E-state index contributed by atoms with van der Waals surface area (Å²) >= 11 is 5.91. The van der Waals surface area contributed by atoms with E-state index in [-0.39, 0.29) is 12.0 Å². The summed E-state index contributed by atoms with van der Waals surface area (Å²) in [5.74, 6) is -0.450. The summed E-state index contributed by atoms with van der Waals surface area (Å²) in [6.07, 6.45) is 1.61. The molecule has 1 aliphatic rings.